The van der Waals surface area contributed by atoms with Gasteiger partial charge in [-0.05, 0) is 30.2 Å². The molecule has 116 valence electrons. The fourth-order valence-corrected chi connectivity index (χ4v) is 3.40. The van der Waals surface area contributed by atoms with E-state index in [9.17, 15) is 0 Å². The number of fused-ring (bicyclic) bond motifs is 2. The quantitative estimate of drug-likeness (QED) is 0.796. The molecule has 0 spiro atoms. The zero-order valence-corrected chi connectivity index (χ0v) is 13.5. The Morgan fingerprint density at radius 3 is 2.09 bits per heavy atom. The number of rotatable bonds is 2. The molecule has 0 N–H and O–H groups in total. The summed E-state index contributed by atoms with van der Waals surface area (Å²) in [4.78, 5) is 4.39. The van der Waals surface area contributed by atoms with Crippen LogP contribution in [0.2, 0.25) is 0 Å². The molecule has 2 aliphatic heterocycles. The van der Waals surface area contributed by atoms with Crippen LogP contribution in [0.1, 0.15) is 18.1 Å². The molecule has 4 heteroatoms. The first-order valence-electron chi connectivity index (χ1n) is 8.08. The SMILES string of the molecule is CCN1/C(=N/N=C2\Cc3ccccc3N2C)Cc2ccccc21. The molecule has 2 heterocycles. The number of hydrogen-bond donors (Lipinski definition) is 0. The van der Waals surface area contributed by atoms with Gasteiger partial charge < -0.3 is 9.80 Å². The standard InChI is InChI=1S/C19H20N4/c1-3-23-17-11-7-5-9-15(17)13-19(23)21-20-18-12-14-8-4-6-10-16(14)22(18)2/h4-11H,3,12-13H2,1-2H3/b20-18+,21-19+. The maximum atomic E-state index is 4.59. The highest BCUT2D eigenvalue weighted by Crippen LogP contribution is 2.30. The second kappa shape index (κ2) is 5.54. The van der Waals surface area contributed by atoms with Crippen molar-refractivity contribution in [3.05, 3.63) is 59.7 Å². The molecule has 0 atom stereocenters. The summed E-state index contributed by atoms with van der Waals surface area (Å²) in [6.45, 7) is 3.07. The first-order valence-corrected chi connectivity index (χ1v) is 8.08. The zero-order valence-electron chi connectivity index (χ0n) is 13.5. The number of benzene rings is 2. The van der Waals surface area contributed by atoms with Gasteiger partial charge in [-0.25, -0.2) is 0 Å². The zero-order chi connectivity index (χ0) is 15.8. The normalized spacial score (nSPS) is 19.6. The minimum atomic E-state index is 0.850. The van der Waals surface area contributed by atoms with Crippen LogP contribution in [-0.2, 0) is 12.8 Å². The predicted molar refractivity (Wildman–Crippen MR) is 96.6 cm³/mol. The molecular formula is C19H20N4. The van der Waals surface area contributed by atoms with E-state index in [2.05, 4.69) is 82.5 Å². The Morgan fingerprint density at radius 1 is 0.826 bits per heavy atom. The van der Waals surface area contributed by atoms with Crippen molar-refractivity contribution in [2.24, 2.45) is 10.2 Å². The van der Waals surface area contributed by atoms with Crippen molar-refractivity contribution in [2.45, 2.75) is 19.8 Å². The maximum absolute atomic E-state index is 4.59. The van der Waals surface area contributed by atoms with Crippen molar-refractivity contribution in [2.75, 3.05) is 23.4 Å². The highest BCUT2D eigenvalue weighted by molar-refractivity contribution is 6.07. The lowest BCUT2D eigenvalue weighted by Crippen LogP contribution is -2.27. The van der Waals surface area contributed by atoms with Crippen molar-refractivity contribution in [1.29, 1.82) is 0 Å². The Balaban J connectivity index is 1.63. The van der Waals surface area contributed by atoms with Crippen LogP contribution in [0.25, 0.3) is 0 Å². The molecule has 2 aromatic rings. The number of hydrogen-bond acceptors (Lipinski definition) is 2. The van der Waals surface area contributed by atoms with Gasteiger partial charge in [0.2, 0.25) is 0 Å². The van der Waals surface area contributed by atoms with E-state index in [1.54, 1.807) is 0 Å². The molecule has 0 fully saturated rings. The lowest BCUT2D eigenvalue weighted by Gasteiger charge is -2.17. The Kier molecular flexibility index (Phi) is 3.37. The Bertz CT molecular complexity index is 807. The summed E-state index contributed by atoms with van der Waals surface area (Å²) < 4.78 is 0. The summed E-state index contributed by atoms with van der Waals surface area (Å²) in [6.07, 6.45) is 1.71. The molecule has 0 aromatic heterocycles. The van der Waals surface area contributed by atoms with E-state index in [1.165, 1.54) is 22.5 Å². The molecule has 0 aliphatic carbocycles. The van der Waals surface area contributed by atoms with E-state index in [-0.39, 0.29) is 0 Å². The molecule has 0 amide bonds. The van der Waals surface area contributed by atoms with Crippen molar-refractivity contribution in [3.63, 3.8) is 0 Å². The molecule has 23 heavy (non-hydrogen) atoms. The van der Waals surface area contributed by atoms with E-state index in [0.717, 1.165) is 31.1 Å². The van der Waals surface area contributed by atoms with Gasteiger partial charge in [-0.2, -0.15) is 0 Å². The van der Waals surface area contributed by atoms with Gasteiger partial charge >= 0.3 is 0 Å². The van der Waals surface area contributed by atoms with Gasteiger partial charge in [0.25, 0.3) is 0 Å². The fraction of sp³-hybridized carbons (Fsp3) is 0.263. The van der Waals surface area contributed by atoms with E-state index in [1.807, 2.05) is 0 Å². The molecule has 2 aromatic carbocycles. The Hall–Kier alpha value is -2.62. The minimum Gasteiger partial charge on any atom is -0.331 e. The van der Waals surface area contributed by atoms with Crippen LogP contribution in [-0.4, -0.2) is 25.3 Å². The summed E-state index contributed by atoms with van der Waals surface area (Å²) in [5.74, 6) is 2.04. The maximum Gasteiger partial charge on any atom is 0.136 e. The van der Waals surface area contributed by atoms with Crippen LogP contribution in [0.4, 0.5) is 11.4 Å². The molecule has 0 saturated carbocycles. The predicted octanol–water partition coefficient (Wildman–Crippen LogP) is 3.47. The molecule has 2 aliphatic rings. The minimum absolute atomic E-state index is 0.850. The number of amidine groups is 2. The molecule has 0 unspecified atom stereocenters. The van der Waals surface area contributed by atoms with E-state index in [0.29, 0.717) is 0 Å². The van der Waals surface area contributed by atoms with E-state index >= 15 is 0 Å². The summed E-state index contributed by atoms with van der Waals surface area (Å²) in [7, 11) is 2.06. The largest absolute Gasteiger partial charge is 0.331 e. The van der Waals surface area contributed by atoms with Crippen molar-refractivity contribution < 1.29 is 0 Å². The van der Waals surface area contributed by atoms with Crippen molar-refractivity contribution >= 4 is 23.0 Å². The first kappa shape index (κ1) is 14.0. The lowest BCUT2D eigenvalue weighted by atomic mass is 10.2. The molecular weight excluding hydrogens is 284 g/mol. The van der Waals surface area contributed by atoms with Crippen molar-refractivity contribution in [3.8, 4) is 0 Å². The van der Waals surface area contributed by atoms with Crippen LogP contribution < -0.4 is 9.80 Å². The van der Waals surface area contributed by atoms with Gasteiger partial charge in [0.15, 0.2) is 0 Å². The van der Waals surface area contributed by atoms with E-state index in [4.69, 9.17) is 0 Å². The Labute approximate surface area is 136 Å². The molecule has 0 bridgehead atoms. The third-order valence-electron chi connectivity index (χ3n) is 4.63. The second-order valence-electron chi connectivity index (χ2n) is 5.95. The average Bonchev–Trinajstić information content (AvgIpc) is 3.10. The second-order valence-corrected chi connectivity index (χ2v) is 5.95. The molecule has 4 rings (SSSR count). The summed E-state index contributed by atoms with van der Waals surface area (Å²) in [5, 5.41) is 9.17. The van der Waals surface area contributed by atoms with Gasteiger partial charge in [0.05, 0.1) is 0 Å². The van der Waals surface area contributed by atoms with Gasteiger partial charge in [0, 0.05) is 37.8 Å². The third kappa shape index (κ3) is 2.31. The first-order chi connectivity index (χ1) is 11.3. The number of nitrogens with zero attached hydrogens (tertiary/aromatic N) is 4. The summed E-state index contributed by atoms with van der Waals surface area (Å²) in [6, 6.07) is 16.9. The van der Waals surface area contributed by atoms with Crippen LogP contribution >= 0.6 is 0 Å². The summed E-state index contributed by atoms with van der Waals surface area (Å²) >= 11 is 0. The van der Waals surface area contributed by atoms with Crippen LogP contribution in [0, 0.1) is 0 Å². The highest BCUT2D eigenvalue weighted by Gasteiger charge is 2.25. The van der Waals surface area contributed by atoms with Crippen LogP contribution in [0.15, 0.2) is 58.7 Å². The molecule has 0 radical (unpaired) electrons. The van der Waals surface area contributed by atoms with Crippen LogP contribution in [0.3, 0.4) is 0 Å². The van der Waals surface area contributed by atoms with Crippen molar-refractivity contribution in [1.82, 2.24) is 0 Å². The van der Waals surface area contributed by atoms with Gasteiger partial charge in [-0.15, -0.1) is 10.2 Å². The highest BCUT2D eigenvalue weighted by atomic mass is 15.4. The average molecular weight is 304 g/mol. The van der Waals surface area contributed by atoms with Gasteiger partial charge in [-0.1, -0.05) is 36.4 Å². The summed E-state index contributed by atoms with van der Waals surface area (Å²) in [5.41, 5.74) is 5.14. The fourth-order valence-electron chi connectivity index (χ4n) is 3.40. The lowest BCUT2D eigenvalue weighted by molar-refractivity contribution is 1.04. The smallest absolute Gasteiger partial charge is 0.136 e. The Morgan fingerprint density at radius 2 is 1.39 bits per heavy atom. The molecule has 4 nitrogen and oxygen atoms in total. The van der Waals surface area contributed by atoms with Gasteiger partial charge in [0.1, 0.15) is 11.7 Å². The third-order valence-corrected chi connectivity index (χ3v) is 4.63. The number of anilines is 2. The van der Waals surface area contributed by atoms with Crippen LogP contribution in [0.5, 0.6) is 0 Å². The van der Waals surface area contributed by atoms with E-state index < -0.39 is 0 Å². The number of likely N-dealkylation sites (N-methyl/N-ethyl adjacent to an activating group) is 2. The monoisotopic (exact) mass is 304 g/mol. The topological polar surface area (TPSA) is 31.2 Å². The van der Waals surface area contributed by atoms with Gasteiger partial charge in [-0.3, -0.25) is 0 Å². The molecule has 0 saturated heterocycles. The number of para-hydroxylation sites is 2.